The highest BCUT2D eigenvalue weighted by Gasteiger charge is 2.61. The van der Waals surface area contributed by atoms with E-state index in [1.165, 1.54) is 47.7 Å². The molecule has 1 saturated carbocycles. The van der Waals surface area contributed by atoms with E-state index in [4.69, 9.17) is 23.2 Å². The summed E-state index contributed by atoms with van der Waals surface area (Å²) in [4.78, 5) is 17.5. The van der Waals surface area contributed by atoms with E-state index in [9.17, 15) is 17.6 Å². The summed E-state index contributed by atoms with van der Waals surface area (Å²) in [6.07, 6.45) is 0.833. The molecule has 0 aliphatic heterocycles. The first-order chi connectivity index (χ1) is 14.6. The number of anilines is 1. The lowest BCUT2D eigenvalue weighted by Crippen LogP contribution is -2.37. The summed E-state index contributed by atoms with van der Waals surface area (Å²) in [5, 5.41) is 4.57. The minimum Gasteiger partial charge on any atom is -0.315 e. The average molecular weight is 499 g/mol. The highest BCUT2D eigenvalue weighted by molar-refractivity contribution is 7.94. The van der Waals surface area contributed by atoms with Gasteiger partial charge in [0.05, 0.1) is 15.6 Å². The van der Waals surface area contributed by atoms with Crippen LogP contribution in [0.15, 0.2) is 47.4 Å². The van der Waals surface area contributed by atoms with Crippen LogP contribution in [0.2, 0.25) is 10.0 Å². The van der Waals surface area contributed by atoms with Crippen molar-refractivity contribution in [2.24, 2.45) is 0 Å². The van der Waals surface area contributed by atoms with E-state index in [0.717, 1.165) is 0 Å². The molecule has 1 fully saturated rings. The Morgan fingerprint density at radius 2 is 1.84 bits per heavy atom. The van der Waals surface area contributed by atoms with E-state index in [1.54, 1.807) is 13.0 Å². The summed E-state index contributed by atoms with van der Waals surface area (Å²) < 4.78 is 38.3. The lowest BCUT2D eigenvalue weighted by molar-refractivity contribution is -0.116. The van der Waals surface area contributed by atoms with Crippen LogP contribution in [-0.2, 0) is 21.1 Å². The van der Waals surface area contributed by atoms with Gasteiger partial charge in [-0.3, -0.25) is 4.79 Å². The van der Waals surface area contributed by atoms with Gasteiger partial charge in [-0.15, -0.1) is 11.3 Å². The molecule has 4 rings (SSSR count). The summed E-state index contributed by atoms with van der Waals surface area (Å²) in [7, 11) is -3.87. The molecule has 31 heavy (non-hydrogen) atoms. The van der Waals surface area contributed by atoms with Gasteiger partial charge in [0, 0.05) is 16.5 Å². The van der Waals surface area contributed by atoms with E-state index in [2.05, 4.69) is 10.3 Å². The standard InChI is InChI=1S/C21H17Cl2FN2O3S2/c1-12-19(30-18(25-12)10-13-8-15(23)11-16(24)9-13)26-20(27)21(6-7-21)31(28,29)17-4-2-14(22)3-5-17/h2-5,8-9,11H,6-7,10H2,1H3,(H,26,27). The Labute approximate surface area is 193 Å². The lowest BCUT2D eigenvalue weighted by atomic mass is 10.1. The summed E-state index contributed by atoms with van der Waals surface area (Å²) >= 11 is 13.0. The number of nitrogens with one attached hydrogen (secondary N) is 1. The molecule has 0 radical (unpaired) electrons. The van der Waals surface area contributed by atoms with E-state index in [-0.39, 0.29) is 17.7 Å². The molecule has 0 unspecified atom stereocenters. The predicted octanol–water partition coefficient (Wildman–Crippen LogP) is 5.43. The Bertz CT molecular complexity index is 1250. The number of aryl methyl sites for hydroxylation is 1. The fourth-order valence-electron chi connectivity index (χ4n) is 3.32. The number of amides is 1. The average Bonchev–Trinajstić information content (AvgIpc) is 3.43. The maximum atomic E-state index is 13.6. The quantitative estimate of drug-likeness (QED) is 0.491. The zero-order valence-corrected chi connectivity index (χ0v) is 19.4. The number of nitrogens with zero attached hydrogens (tertiary/aromatic N) is 1. The van der Waals surface area contributed by atoms with Crippen molar-refractivity contribution >= 4 is 55.3 Å². The van der Waals surface area contributed by atoms with Gasteiger partial charge in [0.1, 0.15) is 10.8 Å². The van der Waals surface area contributed by atoms with Crippen LogP contribution in [0.1, 0.15) is 29.1 Å². The van der Waals surface area contributed by atoms with Gasteiger partial charge in [-0.2, -0.15) is 0 Å². The van der Waals surface area contributed by atoms with Crippen molar-refractivity contribution in [1.29, 1.82) is 0 Å². The molecule has 5 nitrogen and oxygen atoms in total. The highest BCUT2D eigenvalue weighted by atomic mass is 35.5. The molecule has 2 aromatic carbocycles. The molecule has 1 aliphatic rings. The van der Waals surface area contributed by atoms with Crippen molar-refractivity contribution in [3.8, 4) is 0 Å². The van der Waals surface area contributed by atoms with Crippen LogP contribution in [0.4, 0.5) is 9.39 Å². The van der Waals surface area contributed by atoms with E-state index in [1.807, 2.05) is 0 Å². The van der Waals surface area contributed by atoms with Crippen LogP contribution in [0, 0.1) is 12.7 Å². The second-order valence-corrected chi connectivity index (χ2v) is 11.6. The maximum Gasteiger partial charge on any atom is 0.246 e. The fourth-order valence-corrected chi connectivity index (χ4v) is 6.56. The molecular weight excluding hydrogens is 482 g/mol. The SMILES string of the molecule is Cc1nc(Cc2cc(F)cc(Cl)c2)sc1NC(=O)C1(S(=O)(=O)c2ccc(Cl)cc2)CC1. The number of carbonyl (C=O) groups is 1. The zero-order valence-electron chi connectivity index (χ0n) is 16.3. The minimum atomic E-state index is -3.87. The zero-order chi connectivity index (χ0) is 22.4. The Morgan fingerprint density at radius 3 is 2.45 bits per heavy atom. The molecule has 3 aromatic rings. The van der Waals surface area contributed by atoms with Gasteiger partial charge in [0.15, 0.2) is 14.6 Å². The van der Waals surface area contributed by atoms with Gasteiger partial charge >= 0.3 is 0 Å². The van der Waals surface area contributed by atoms with Gasteiger partial charge in [-0.05, 0) is 67.8 Å². The summed E-state index contributed by atoms with van der Waals surface area (Å²) in [6.45, 7) is 1.72. The van der Waals surface area contributed by atoms with Gasteiger partial charge in [0.25, 0.3) is 0 Å². The number of sulfone groups is 1. The topological polar surface area (TPSA) is 76.1 Å². The molecule has 10 heteroatoms. The molecule has 0 spiro atoms. The Balaban J connectivity index is 1.54. The normalized spacial score (nSPS) is 15.0. The van der Waals surface area contributed by atoms with Gasteiger partial charge in [-0.25, -0.2) is 17.8 Å². The number of aromatic nitrogens is 1. The molecule has 1 N–H and O–H groups in total. The van der Waals surface area contributed by atoms with Crippen molar-refractivity contribution in [3.63, 3.8) is 0 Å². The molecular formula is C21H17Cl2FN2O3S2. The Hall–Kier alpha value is -2.00. The molecule has 0 atom stereocenters. The van der Waals surface area contributed by atoms with E-state index in [0.29, 0.717) is 37.7 Å². The number of hydrogen-bond donors (Lipinski definition) is 1. The van der Waals surface area contributed by atoms with Crippen molar-refractivity contribution in [2.45, 2.75) is 35.8 Å². The summed E-state index contributed by atoms with van der Waals surface area (Å²) in [6, 6.07) is 10.0. The van der Waals surface area contributed by atoms with Gasteiger partial charge < -0.3 is 5.32 Å². The third kappa shape index (κ3) is 4.35. The number of benzene rings is 2. The van der Waals surface area contributed by atoms with Crippen LogP contribution < -0.4 is 5.32 Å². The van der Waals surface area contributed by atoms with Gasteiger partial charge in [-0.1, -0.05) is 23.2 Å². The highest BCUT2D eigenvalue weighted by Crippen LogP contribution is 2.48. The number of hydrogen-bond acceptors (Lipinski definition) is 5. The lowest BCUT2D eigenvalue weighted by Gasteiger charge is -2.16. The van der Waals surface area contributed by atoms with Crippen molar-refractivity contribution < 1.29 is 17.6 Å². The number of carbonyl (C=O) groups excluding carboxylic acids is 1. The second kappa shape index (κ2) is 8.16. The first-order valence-electron chi connectivity index (χ1n) is 9.34. The van der Waals surface area contributed by atoms with Crippen molar-refractivity contribution in [3.05, 3.63) is 74.6 Å². The second-order valence-electron chi connectivity index (χ2n) is 7.38. The van der Waals surface area contributed by atoms with Crippen LogP contribution in [0.5, 0.6) is 0 Å². The summed E-state index contributed by atoms with van der Waals surface area (Å²) in [5.74, 6) is -1.01. The molecule has 162 valence electrons. The molecule has 0 bridgehead atoms. The first kappa shape index (κ1) is 22.2. The van der Waals surface area contributed by atoms with Crippen molar-refractivity contribution in [2.75, 3.05) is 5.32 Å². The number of thiazole rings is 1. The van der Waals surface area contributed by atoms with Crippen molar-refractivity contribution in [1.82, 2.24) is 4.98 Å². The van der Waals surface area contributed by atoms with Crippen LogP contribution in [0.25, 0.3) is 0 Å². The first-order valence-corrected chi connectivity index (χ1v) is 12.4. The molecule has 1 aromatic heterocycles. The molecule has 0 saturated heterocycles. The summed E-state index contributed by atoms with van der Waals surface area (Å²) in [5.41, 5.74) is 1.22. The van der Waals surface area contributed by atoms with E-state index >= 15 is 0 Å². The third-order valence-corrected chi connectivity index (χ3v) is 9.16. The monoisotopic (exact) mass is 498 g/mol. The minimum absolute atomic E-state index is 0.0641. The third-order valence-electron chi connectivity index (χ3n) is 5.10. The molecule has 1 heterocycles. The predicted molar refractivity (Wildman–Crippen MR) is 120 cm³/mol. The van der Waals surface area contributed by atoms with Crippen LogP contribution in [-0.4, -0.2) is 24.1 Å². The Morgan fingerprint density at radius 1 is 1.16 bits per heavy atom. The smallest absolute Gasteiger partial charge is 0.246 e. The van der Waals surface area contributed by atoms with E-state index < -0.39 is 26.3 Å². The van der Waals surface area contributed by atoms with Crippen LogP contribution in [0.3, 0.4) is 0 Å². The molecule has 1 amide bonds. The fraction of sp³-hybridized carbons (Fsp3) is 0.238. The maximum absolute atomic E-state index is 13.6. The largest absolute Gasteiger partial charge is 0.315 e. The Kier molecular flexibility index (Phi) is 5.85. The van der Waals surface area contributed by atoms with Crippen LogP contribution >= 0.6 is 34.5 Å². The number of rotatable bonds is 6. The molecule has 1 aliphatic carbocycles. The van der Waals surface area contributed by atoms with Gasteiger partial charge in [0.2, 0.25) is 5.91 Å². The number of halogens is 3.